The minimum atomic E-state index is -0.934. The van der Waals surface area contributed by atoms with Crippen LogP contribution in [0.25, 0.3) is 0 Å². The first-order chi connectivity index (χ1) is 13.8. The number of nitriles is 1. The van der Waals surface area contributed by atoms with Gasteiger partial charge >= 0.3 is 5.97 Å². The van der Waals surface area contributed by atoms with Crippen molar-refractivity contribution in [3.63, 3.8) is 0 Å². The van der Waals surface area contributed by atoms with E-state index in [9.17, 15) is 19.6 Å². The maximum absolute atomic E-state index is 12.6. The predicted molar refractivity (Wildman–Crippen MR) is 105 cm³/mol. The van der Waals surface area contributed by atoms with E-state index in [-0.39, 0.29) is 5.92 Å². The second-order valence-electron chi connectivity index (χ2n) is 7.45. The number of benzene rings is 1. The van der Waals surface area contributed by atoms with Gasteiger partial charge in [-0.25, -0.2) is 4.79 Å². The molecular formula is C21H27N3O5. The van der Waals surface area contributed by atoms with Gasteiger partial charge in [0.1, 0.15) is 17.3 Å². The third kappa shape index (κ3) is 5.70. The zero-order chi connectivity index (χ0) is 21.4. The summed E-state index contributed by atoms with van der Waals surface area (Å²) in [6.07, 6.45) is 2.93. The minimum Gasteiger partial charge on any atom is -0.496 e. The molecular weight excluding hydrogens is 374 g/mol. The molecule has 2 N–H and O–H groups in total. The molecule has 156 valence electrons. The van der Waals surface area contributed by atoms with Gasteiger partial charge in [-0.3, -0.25) is 9.59 Å². The number of rotatable bonds is 8. The lowest BCUT2D eigenvalue weighted by atomic mass is 10.00. The first-order valence-corrected chi connectivity index (χ1v) is 9.64. The summed E-state index contributed by atoms with van der Waals surface area (Å²) >= 11 is 0. The van der Waals surface area contributed by atoms with E-state index in [4.69, 9.17) is 9.47 Å². The Morgan fingerprint density at radius 1 is 1.21 bits per heavy atom. The largest absolute Gasteiger partial charge is 0.496 e. The molecule has 1 fully saturated rings. The van der Waals surface area contributed by atoms with Gasteiger partial charge in [0.05, 0.1) is 18.7 Å². The molecule has 0 spiro atoms. The van der Waals surface area contributed by atoms with E-state index >= 15 is 0 Å². The van der Waals surface area contributed by atoms with Gasteiger partial charge in [0, 0.05) is 0 Å². The summed E-state index contributed by atoms with van der Waals surface area (Å²) in [7, 11) is 1.46. The van der Waals surface area contributed by atoms with E-state index in [0.29, 0.717) is 24.2 Å². The number of carbonyl (C=O) groups is 3. The number of amides is 2. The van der Waals surface area contributed by atoms with Gasteiger partial charge < -0.3 is 20.1 Å². The number of nitrogens with zero attached hydrogens (tertiary/aromatic N) is 1. The Morgan fingerprint density at radius 3 is 2.45 bits per heavy atom. The molecule has 1 aliphatic rings. The molecule has 0 heterocycles. The standard InChI is InChI=1S/C21H27N3O5/c1-14(2)18(23-19(26)15-8-4-5-9-16(15)28-3)20(27)29-12-17(25)24-21(13-22)10-6-7-11-21/h4-5,8-9,14,18H,6-7,10-12H2,1-3H3,(H,23,26)(H,24,25)/t18-/m0/s1. The molecule has 1 aromatic carbocycles. The first kappa shape index (κ1) is 22.2. The monoisotopic (exact) mass is 401 g/mol. The summed E-state index contributed by atoms with van der Waals surface area (Å²) in [5, 5.41) is 14.6. The van der Waals surface area contributed by atoms with Gasteiger partial charge in [0.15, 0.2) is 6.61 Å². The second kappa shape index (κ2) is 9.92. The number of methoxy groups -OCH3 is 1. The van der Waals surface area contributed by atoms with E-state index in [0.717, 1.165) is 12.8 Å². The van der Waals surface area contributed by atoms with Gasteiger partial charge in [-0.05, 0) is 43.7 Å². The van der Waals surface area contributed by atoms with Gasteiger partial charge in [-0.15, -0.1) is 0 Å². The fourth-order valence-corrected chi connectivity index (χ4v) is 3.32. The molecule has 0 unspecified atom stereocenters. The molecule has 1 atom stereocenters. The zero-order valence-corrected chi connectivity index (χ0v) is 17.0. The van der Waals surface area contributed by atoms with Crippen molar-refractivity contribution in [3.8, 4) is 11.8 Å². The number of hydrogen-bond acceptors (Lipinski definition) is 6. The quantitative estimate of drug-likeness (QED) is 0.643. The van der Waals surface area contributed by atoms with Crippen molar-refractivity contribution < 1.29 is 23.9 Å². The molecule has 2 amide bonds. The van der Waals surface area contributed by atoms with Gasteiger partial charge in [-0.2, -0.15) is 5.26 Å². The Morgan fingerprint density at radius 2 is 1.86 bits per heavy atom. The molecule has 0 saturated heterocycles. The number of esters is 1. The third-order valence-electron chi connectivity index (χ3n) is 4.95. The van der Waals surface area contributed by atoms with Crippen LogP contribution in [-0.4, -0.2) is 43.1 Å². The van der Waals surface area contributed by atoms with Crippen LogP contribution in [0.2, 0.25) is 0 Å². The van der Waals surface area contributed by atoms with Crippen molar-refractivity contribution in [2.24, 2.45) is 5.92 Å². The van der Waals surface area contributed by atoms with Crippen molar-refractivity contribution in [1.82, 2.24) is 10.6 Å². The lowest BCUT2D eigenvalue weighted by molar-refractivity contribution is -0.151. The maximum atomic E-state index is 12.6. The normalized spacial score (nSPS) is 15.8. The zero-order valence-electron chi connectivity index (χ0n) is 17.0. The van der Waals surface area contributed by atoms with Crippen LogP contribution in [-0.2, 0) is 14.3 Å². The molecule has 1 aliphatic carbocycles. The second-order valence-corrected chi connectivity index (χ2v) is 7.45. The van der Waals surface area contributed by atoms with Crippen LogP contribution >= 0.6 is 0 Å². The average Bonchev–Trinajstić information content (AvgIpc) is 3.18. The fraction of sp³-hybridized carbons (Fsp3) is 0.524. The average molecular weight is 401 g/mol. The van der Waals surface area contributed by atoms with Crippen LogP contribution in [0.15, 0.2) is 24.3 Å². The van der Waals surface area contributed by atoms with E-state index in [1.807, 2.05) is 0 Å². The molecule has 0 radical (unpaired) electrons. The summed E-state index contributed by atoms with van der Waals surface area (Å²) in [5.74, 6) is -1.59. The number of hydrogen-bond donors (Lipinski definition) is 2. The third-order valence-corrected chi connectivity index (χ3v) is 4.95. The highest BCUT2D eigenvalue weighted by Gasteiger charge is 2.36. The number of nitrogens with one attached hydrogen (secondary N) is 2. The highest BCUT2D eigenvalue weighted by atomic mass is 16.5. The maximum Gasteiger partial charge on any atom is 0.329 e. The number of carbonyl (C=O) groups excluding carboxylic acids is 3. The highest BCUT2D eigenvalue weighted by Crippen LogP contribution is 2.28. The Balaban J connectivity index is 1.96. The lowest BCUT2D eigenvalue weighted by Crippen LogP contribution is -2.49. The molecule has 1 aromatic rings. The summed E-state index contributed by atoms with van der Waals surface area (Å²) in [6.45, 7) is 3.02. The van der Waals surface area contributed by atoms with E-state index in [1.54, 1.807) is 38.1 Å². The van der Waals surface area contributed by atoms with Crippen molar-refractivity contribution in [2.75, 3.05) is 13.7 Å². The van der Waals surface area contributed by atoms with Crippen molar-refractivity contribution >= 4 is 17.8 Å². The topological polar surface area (TPSA) is 118 Å². The molecule has 29 heavy (non-hydrogen) atoms. The van der Waals surface area contributed by atoms with Gasteiger partial charge in [0.2, 0.25) is 0 Å². The van der Waals surface area contributed by atoms with Gasteiger partial charge in [0.25, 0.3) is 11.8 Å². The molecule has 8 nitrogen and oxygen atoms in total. The Kier molecular flexibility index (Phi) is 7.59. The SMILES string of the molecule is COc1ccccc1C(=O)N[C@H](C(=O)OCC(=O)NC1(C#N)CCCC1)C(C)C. The van der Waals surface area contributed by atoms with Crippen LogP contribution in [0.4, 0.5) is 0 Å². The first-order valence-electron chi connectivity index (χ1n) is 9.64. The molecule has 0 bridgehead atoms. The smallest absolute Gasteiger partial charge is 0.329 e. The van der Waals surface area contributed by atoms with E-state index in [2.05, 4.69) is 16.7 Å². The Bertz CT molecular complexity index is 794. The molecule has 2 rings (SSSR count). The molecule has 1 saturated carbocycles. The van der Waals surface area contributed by atoms with Crippen LogP contribution in [0.1, 0.15) is 49.9 Å². The highest BCUT2D eigenvalue weighted by molar-refractivity contribution is 5.99. The van der Waals surface area contributed by atoms with Crippen LogP contribution < -0.4 is 15.4 Å². The molecule has 0 aliphatic heterocycles. The van der Waals surface area contributed by atoms with Crippen molar-refractivity contribution in [2.45, 2.75) is 51.1 Å². The summed E-state index contributed by atoms with van der Waals surface area (Å²) in [6, 6.07) is 7.89. The van der Waals surface area contributed by atoms with E-state index < -0.39 is 36.0 Å². The summed E-state index contributed by atoms with van der Waals surface area (Å²) < 4.78 is 10.3. The summed E-state index contributed by atoms with van der Waals surface area (Å²) in [4.78, 5) is 37.2. The van der Waals surface area contributed by atoms with Crippen molar-refractivity contribution in [1.29, 1.82) is 5.26 Å². The Labute approximate surface area is 170 Å². The Hall–Kier alpha value is -3.08. The lowest BCUT2D eigenvalue weighted by Gasteiger charge is -2.23. The fourth-order valence-electron chi connectivity index (χ4n) is 3.32. The summed E-state index contributed by atoms with van der Waals surface area (Å²) in [5.41, 5.74) is -0.581. The van der Waals surface area contributed by atoms with Crippen LogP contribution in [0, 0.1) is 17.2 Å². The van der Waals surface area contributed by atoms with E-state index in [1.165, 1.54) is 7.11 Å². The molecule has 8 heteroatoms. The van der Waals surface area contributed by atoms with Crippen LogP contribution in [0.5, 0.6) is 5.75 Å². The van der Waals surface area contributed by atoms with Crippen LogP contribution in [0.3, 0.4) is 0 Å². The minimum absolute atomic E-state index is 0.260. The number of para-hydroxylation sites is 1. The molecule has 0 aromatic heterocycles. The van der Waals surface area contributed by atoms with Crippen molar-refractivity contribution in [3.05, 3.63) is 29.8 Å². The van der Waals surface area contributed by atoms with Gasteiger partial charge in [-0.1, -0.05) is 26.0 Å². The predicted octanol–water partition coefficient (Wildman–Crippen LogP) is 1.95. The number of ether oxygens (including phenoxy) is 2.